The van der Waals surface area contributed by atoms with E-state index in [1.54, 1.807) is 6.20 Å². The highest BCUT2D eigenvalue weighted by Gasteiger charge is 2.30. The van der Waals surface area contributed by atoms with Crippen LogP contribution in [0, 0.1) is 6.92 Å². The Kier molecular flexibility index (Phi) is 5.23. The van der Waals surface area contributed by atoms with Crippen LogP contribution in [0.2, 0.25) is 5.02 Å². The van der Waals surface area contributed by atoms with Crippen LogP contribution in [0.3, 0.4) is 0 Å². The van der Waals surface area contributed by atoms with Crippen molar-refractivity contribution in [2.45, 2.75) is 36.2 Å². The maximum atomic E-state index is 12.9. The van der Waals surface area contributed by atoms with Crippen molar-refractivity contribution >= 4 is 29.3 Å². The number of thioether (sulfide) groups is 1. The van der Waals surface area contributed by atoms with Gasteiger partial charge in [0.15, 0.2) is 5.16 Å². The molecule has 27 heavy (non-hydrogen) atoms. The Hall–Kier alpha value is -2.24. The lowest BCUT2D eigenvalue weighted by atomic mass is 10.1. The molecular weight excluding hydrogens is 378 g/mol. The average molecular weight is 398 g/mol. The summed E-state index contributed by atoms with van der Waals surface area (Å²) in [4.78, 5) is 17.4. The zero-order valence-electron chi connectivity index (χ0n) is 14.9. The minimum atomic E-state index is -0.354. The predicted octanol–water partition coefficient (Wildman–Crippen LogP) is 4.95. The van der Waals surface area contributed by atoms with Gasteiger partial charge >= 0.3 is 0 Å². The topological polar surface area (TPSA) is 46.9 Å². The molecule has 4 nitrogen and oxygen atoms in total. The van der Waals surface area contributed by atoms with Gasteiger partial charge in [0.1, 0.15) is 5.25 Å². The molecule has 1 N–H and O–H groups in total. The van der Waals surface area contributed by atoms with E-state index in [-0.39, 0.29) is 11.2 Å². The molecule has 0 spiro atoms. The normalized spacial score (nSPS) is 14.7. The van der Waals surface area contributed by atoms with Crippen LogP contribution in [0.5, 0.6) is 0 Å². The highest BCUT2D eigenvalue weighted by molar-refractivity contribution is 8.00. The Morgan fingerprint density at radius 1 is 1.22 bits per heavy atom. The summed E-state index contributed by atoms with van der Waals surface area (Å²) in [5, 5.41) is 4.25. The standard InChI is InChI=1S/C21H20ClN3OS/c1-14-17(22)8-5-9-18(14)25-13-12-23-21(25)27-19(15-6-3-2-4-7-15)20(26)24-16-10-11-16/h2-9,12-13,16,19H,10-11H2,1H3,(H,24,26). The maximum absolute atomic E-state index is 12.9. The molecule has 1 unspecified atom stereocenters. The lowest BCUT2D eigenvalue weighted by molar-refractivity contribution is -0.120. The molecule has 0 aliphatic heterocycles. The van der Waals surface area contributed by atoms with Crippen LogP contribution in [-0.2, 0) is 4.79 Å². The molecular formula is C21H20ClN3OS. The van der Waals surface area contributed by atoms with Crippen molar-refractivity contribution in [1.29, 1.82) is 0 Å². The summed E-state index contributed by atoms with van der Waals surface area (Å²) in [5.74, 6) is 0.0334. The molecule has 1 atom stereocenters. The fraction of sp³-hybridized carbons (Fsp3) is 0.238. The fourth-order valence-electron chi connectivity index (χ4n) is 2.93. The Bertz CT molecular complexity index is 953. The highest BCUT2D eigenvalue weighted by Crippen LogP contribution is 2.37. The lowest BCUT2D eigenvalue weighted by Gasteiger charge is -2.18. The van der Waals surface area contributed by atoms with Crippen LogP contribution in [0.1, 0.15) is 29.2 Å². The fourth-order valence-corrected chi connectivity index (χ4v) is 4.17. The number of carbonyl (C=O) groups is 1. The Morgan fingerprint density at radius 3 is 2.74 bits per heavy atom. The second-order valence-corrected chi connectivity index (χ2v) is 8.13. The van der Waals surface area contributed by atoms with Gasteiger partial charge in [0.2, 0.25) is 5.91 Å². The van der Waals surface area contributed by atoms with Crippen molar-refractivity contribution < 1.29 is 4.79 Å². The maximum Gasteiger partial charge on any atom is 0.238 e. The first-order valence-corrected chi connectivity index (χ1v) is 10.2. The summed E-state index contributed by atoms with van der Waals surface area (Å²) in [6.45, 7) is 1.99. The van der Waals surface area contributed by atoms with Gasteiger partial charge in [-0.1, -0.05) is 59.8 Å². The Labute approximate surface area is 168 Å². The minimum absolute atomic E-state index is 0.0334. The summed E-state index contributed by atoms with van der Waals surface area (Å²) in [6.07, 6.45) is 5.79. The first kappa shape index (κ1) is 18.1. The Balaban J connectivity index is 1.67. The number of hydrogen-bond acceptors (Lipinski definition) is 3. The van der Waals surface area contributed by atoms with Crippen LogP contribution in [0.25, 0.3) is 5.69 Å². The molecule has 1 amide bonds. The monoisotopic (exact) mass is 397 g/mol. The molecule has 1 heterocycles. The summed E-state index contributed by atoms with van der Waals surface area (Å²) >= 11 is 7.75. The summed E-state index contributed by atoms with van der Waals surface area (Å²) in [6, 6.07) is 16.0. The molecule has 3 aromatic rings. The van der Waals surface area contributed by atoms with Crippen molar-refractivity contribution in [2.75, 3.05) is 0 Å². The van der Waals surface area contributed by atoms with E-state index in [1.807, 2.05) is 66.2 Å². The number of benzene rings is 2. The van der Waals surface area contributed by atoms with Gasteiger partial charge in [0.05, 0.1) is 5.69 Å². The summed E-state index contributed by atoms with van der Waals surface area (Å²) in [7, 11) is 0. The largest absolute Gasteiger partial charge is 0.352 e. The van der Waals surface area contributed by atoms with E-state index in [0.717, 1.165) is 34.8 Å². The smallest absolute Gasteiger partial charge is 0.238 e. The number of rotatable bonds is 6. The predicted molar refractivity (Wildman–Crippen MR) is 110 cm³/mol. The van der Waals surface area contributed by atoms with E-state index >= 15 is 0 Å². The van der Waals surface area contributed by atoms with E-state index in [4.69, 9.17) is 11.6 Å². The molecule has 1 fully saturated rings. The quantitative estimate of drug-likeness (QED) is 0.599. The van der Waals surface area contributed by atoms with Gasteiger partial charge in [0.25, 0.3) is 0 Å². The van der Waals surface area contributed by atoms with Gasteiger partial charge in [-0.3, -0.25) is 9.36 Å². The number of halogens is 1. The van der Waals surface area contributed by atoms with Crippen LogP contribution in [0.4, 0.5) is 0 Å². The molecule has 1 aliphatic carbocycles. The van der Waals surface area contributed by atoms with E-state index in [9.17, 15) is 4.79 Å². The van der Waals surface area contributed by atoms with Gasteiger partial charge in [-0.25, -0.2) is 4.98 Å². The van der Waals surface area contributed by atoms with Gasteiger partial charge in [0, 0.05) is 23.5 Å². The molecule has 0 radical (unpaired) electrons. The highest BCUT2D eigenvalue weighted by atomic mass is 35.5. The third kappa shape index (κ3) is 4.04. The lowest BCUT2D eigenvalue weighted by Crippen LogP contribution is -2.29. The zero-order chi connectivity index (χ0) is 18.8. The van der Waals surface area contributed by atoms with Gasteiger partial charge in [-0.2, -0.15) is 0 Å². The number of amides is 1. The molecule has 2 aromatic carbocycles. The molecule has 1 aromatic heterocycles. The number of aromatic nitrogens is 2. The number of nitrogens with one attached hydrogen (secondary N) is 1. The first-order chi connectivity index (χ1) is 13.1. The van der Waals surface area contributed by atoms with E-state index in [0.29, 0.717) is 11.1 Å². The average Bonchev–Trinajstić information content (AvgIpc) is 3.37. The molecule has 4 rings (SSSR count). The first-order valence-electron chi connectivity index (χ1n) is 8.94. The number of carbonyl (C=O) groups excluding carboxylic acids is 1. The van der Waals surface area contributed by atoms with Gasteiger partial charge in [-0.05, 0) is 43.0 Å². The molecule has 1 saturated carbocycles. The SMILES string of the molecule is Cc1c(Cl)cccc1-n1ccnc1SC(C(=O)NC1CC1)c1ccccc1. The number of hydrogen-bond donors (Lipinski definition) is 1. The van der Waals surface area contributed by atoms with Crippen LogP contribution in [-0.4, -0.2) is 21.5 Å². The number of imidazole rings is 1. The van der Waals surface area contributed by atoms with Crippen molar-refractivity contribution in [3.05, 3.63) is 77.1 Å². The van der Waals surface area contributed by atoms with Gasteiger partial charge in [-0.15, -0.1) is 0 Å². The zero-order valence-corrected chi connectivity index (χ0v) is 16.5. The van der Waals surface area contributed by atoms with Crippen LogP contribution < -0.4 is 5.32 Å². The van der Waals surface area contributed by atoms with Crippen molar-refractivity contribution in [2.24, 2.45) is 0 Å². The summed E-state index contributed by atoms with van der Waals surface area (Å²) < 4.78 is 1.99. The van der Waals surface area contributed by atoms with Crippen LogP contribution >= 0.6 is 23.4 Å². The number of nitrogens with zero attached hydrogens (tertiary/aromatic N) is 2. The molecule has 6 heteroatoms. The van der Waals surface area contributed by atoms with Crippen LogP contribution in [0.15, 0.2) is 66.1 Å². The molecule has 0 bridgehead atoms. The second kappa shape index (κ2) is 7.79. The molecule has 138 valence electrons. The Morgan fingerprint density at radius 2 is 2.00 bits per heavy atom. The van der Waals surface area contributed by atoms with Crippen molar-refractivity contribution in [1.82, 2.24) is 14.9 Å². The molecule has 1 aliphatic rings. The molecule has 0 saturated heterocycles. The van der Waals surface area contributed by atoms with E-state index in [1.165, 1.54) is 11.8 Å². The third-order valence-electron chi connectivity index (χ3n) is 4.59. The second-order valence-electron chi connectivity index (χ2n) is 6.66. The summed E-state index contributed by atoms with van der Waals surface area (Å²) in [5.41, 5.74) is 2.92. The van der Waals surface area contributed by atoms with E-state index < -0.39 is 0 Å². The van der Waals surface area contributed by atoms with Crippen molar-refractivity contribution in [3.63, 3.8) is 0 Å². The van der Waals surface area contributed by atoms with E-state index in [2.05, 4.69) is 10.3 Å². The van der Waals surface area contributed by atoms with Gasteiger partial charge < -0.3 is 5.32 Å². The van der Waals surface area contributed by atoms with Crippen molar-refractivity contribution in [3.8, 4) is 5.69 Å². The third-order valence-corrected chi connectivity index (χ3v) is 6.24. The minimum Gasteiger partial charge on any atom is -0.352 e.